The van der Waals surface area contributed by atoms with Crippen LogP contribution in [0.1, 0.15) is 41.0 Å². The first-order valence-corrected chi connectivity index (χ1v) is 12.4. The van der Waals surface area contributed by atoms with Crippen LogP contribution in [0, 0.1) is 5.92 Å². The zero-order chi connectivity index (χ0) is 24.3. The van der Waals surface area contributed by atoms with Gasteiger partial charge in [0.25, 0.3) is 0 Å². The molecule has 0 saturated heterocycles. The van der Waals surface area contributed by atoms with E-state index >= 15 is 0 Å². The lowest BCUT2D eigenvalue weighted by Gasteiger charge is -2.23. The Balaban J connectivity index is 3.07. The fourth-order valence-corrected chi connectivity index (χ4v) is 4.89. The number of sulfonamides is 1. The Bertz CT molecular complexity index is 853. The van der Waals surface area contributed by atoms with E-state index in [4.69, 9.17) is 4.74 Å². The Morgan fingerprint density at radius 3 is 2.31 bits per heavy atom. The first-order chi connectivity index (χ1) is 15.1. The van der Waals surface area contributed by atoms with Gasteiger partial charge in [-0.15, -0.1) is 0 Å². The molecule has 0 spiro atoms. The molecule has 0 aliphatic heterocycles. The largest absolute Gasteiger partial charge is 0.492 e. The van der Waals surface area contributed by atoms with E-state index in [0.717, 1.165) is 0 Å². The molecule has 0 aliphatic rings. The summed E-state index contributed by atoms with van der Waals surface area (Å²) in [6.07, 6.45) is 0.186. The van der Waals surface area contributed by atoms with E-state index in [1.165, 1.54) is 17.5 Å². The summed E-state index contributed by atoms with van der Waals surface area (Å²) in [7, 11) is -2.45. The molecular formula is C22H37N3O6S. The molecule has 0 heterocycles. The Morgan fingerprint density at radius 1 is 1.12 bits per heavy atom. The number of hydrogen-bond donors (Lipinski definition) is 1. The third kappa shape index (κ3) is 8.40. The van der Waals surface area contributed by atoms with Crippen LogP contribution in [0.3, 0.4) is 0 Å². The molecule has 1 aromatic rings. The number of amides is 1. The van der Waals surface area contributed by atoms with Crippen LogP contribution in [0.5, 0.6) is 5.75 Å². The van der Waals surface area contributed by atoms with Crippen LogP contribution < -0.4 is 10.1 Å². The molecule has 1 rings (SSSR count). The van der Waals surface area contributed by atoms with E-state index in [1.807, 2.05) is 18.7 Å². The number of benzene rings is 1. The highest BCUT2D eigenvalue weighted by Crippen LogP contribution is 2.30. The van der Waals surface area contributed by atoms with Gasteiger partial charge in [0.05, 0.1) is 26.7 Å². The highest BCUT2D eigenvalue weighted by molar-refractivity contribution is 7.89. The number of rotatable bonds is 14. The minimum atomic E-state index is -3.78. The normalized spacial score (nSPS) is 11.8. The molecule has 0 atom stereocenters. The van der Waals surface area contributed by atoms with E-state index in [9.17, 15) is 18.0 Å². The van der Waals surface area contributed by atoms with Gasteiger partial charge in [0.1, 0.15) is 10.6 Å². The van der Waals surface area contributed by atoms with Crippen LogP contribution in [-0.2, 0) is 24.3 Å². The quantitative estimate of drug-likeness (QED) is 0.416. The summed E-state index contributed by atoms with van der Waals surface area (Å²) in [5.41, 5.74) is 0.363. The third-order valence-corrected chi connectivity index (χ3v) is 6.77. The zero-order valence-electron chi connectivity index (χ0n) is 20.0. The first kappa shape index (κ1) is 27.9. The molecule has 0 aliphatic carbocycles. The van der Waals surface area contributed by atoms with Crippen molar-refractivity contribution in [2.45, 2.75) is 45.9 Å². The van der Waals surface area contributed by atoms with Gasteiger partial charge in [-0.2, -0.15) is 4.31 Å². The fraction of sp³-hybridized carbons (Fsp3) is 0.636. The predicted molar refractivity (Wildman–Crippen MR) is 124 cm³/mol. The van der Waals surface area contributed by atoms with Gasteiger partial charge in [0.15, 0.2) is 0 Å². The number of nitrogens with zero attached hydrogens (tertiary/aromatic N) is 2. The van der Waals surface area contributed by atoms with Crippen molar-refractivity contribution in [3.63, 3.8) is 0 Å². The molecular weight excluding hydrogens is 434 g/mol. The van der Waals surface area contributed by atoms with Gasteiger partial charge in [0.2, 0.25) is 15.9 Å². The van der Waals surface area contributed by atoms with Crippen LogP contribution in [0.25, 0.3) is 0 Å². The van der Waals surface area contributed by atoms with Crippen LogP contribution in [-0.4, -0.2) is 75.9 Å². The van der Waals surface area contributed by atoms with Crippen molar-refractivity contribution in [1.82, 2.24) is 9.21 Å². The average molecular weight is 472 g/mol. The van der Waals surface area contributed by atoms with Gasteiger partial charge >= 0.3 is 5.97 Å². The van der Waals surface area contributed by atoms with E-state index in [-0.39, 0.29) is 35.5 Å². The van der Waals surface area contributed by atoms with Crippen molar-refractivity contribution in [3.05, 3.63) is 18.2 Å². The van der Waals surface area contributed by atoms with Crippen molar-refractivity contribution >= 4 is 27.6 Å². The molecule has 9 nitrogen and oxygen atoms in total. The molecule has 0 fully saturated rings. The molecule has 1 aromatic carbocycles. The molecule has 10 heteroatoms. The summed E-state index contributed by atoms with van der Waals surface area (Å²) in [6.45, 7) is 11.4. The lowest BCUT2D eigenvalue weighted by Crippen LogP contribution is -2.37. The topological polar surface area (TPSA) is 105 Å². The van der Waals surface area contributed by atoms with E-state index in [0.29, 0.717) is 44.4 Å². The number of hydrogen-bond acceptors (Lipinski definition) is 7. The van der Waals surface area contributed by atoms with Gasteiger partial charge in [-0.1, -0.05) is 27.7 Å². The number of esters is 1. The maximum Gasteiger partial charge on any atom is 0.306 e. The van der Waals surface area contributed by atoms with E-state index in [2.05, 4.69) is 10.1 Å². The van der Waals surface area contributed by atoms with Gasteiger partial charge in [-0.25, -0.2) is 8.42 Å². The number of ether oxygens (including phenoxy) is 2. The Kier molecular flexibility index (Phi) is 11.7. The molecule has 0 radical (unpaired) electrons. The van der Waals surface area contributed by atoms with Crippen LogP contribution >= 0.6 is 0 Å². The zero-order valence-corrected chi connectivity index (χ0v) is 20.8. The Hall–Kier alpha value is -2.17. The van der Waals surface area contributed by atoms with Crippen LogP contribution in [0.2, 0.25) is 0 Å². The minimum absolute atomic E-state index is 0.0191. The molecule has 0 aromatic heterocycles. The lowest BCUT2D eigenvalue weighted by molar-refractivity contribution is -0.141. The van der Waals surface area contributed by atoms with Crippen molar-refractivity contribution in [3.8, 4) is 5.75 Å². The average Bonchev–Trinajstić information content (AvgIpc) is 2.73. The summed E-state index contributed by atoms with van der Waals surface area (Å²) in [6, 6.07) is 4.60. The van der Waals surface area contributed by atoms with Gasteiger partial charge in [0, 0.05) is 31.9 Å². The molecule has 0 saturated carbocycles. The number of carbonyl (C=O) groups excluding carboxylic acids is 2. The maximum absolute atomic E-state index is 13.1. The van der Waals surface area contributed by atoms with Crippen molar-refractivity contribution < 1.29 is 27.5 Å². The van der Waals surface area contributed by atoms with Crippen molar-refractivity contribution in [1.29, 1.82) is 0 Å². The summed E-state index contributed by atoms with van der Waals surface area (Å²) >= 11 is 0. The SMILES string of the molecule is CCOc1ccc(NC(=O)CN(CCC(=O)OC)CC(C)C)cc1S(=O)(=O)N(CC)CC. The second-order valence-corrected chi connectivity index (χ2v) is 9.59. The summed E-state index contributed by atoms with van der Waals surface area (Å²) in [5.74, 6) is -0.0866. The highest BCUT2D eigenvalue weighted by atomic mass is 32.2. The number of methoxy groups -OCH3 is 1. The van der Waals surface area contributed by atoms with Crippen LogP contribution in [0.15, 0.2) is 23.1 Å². The molecule has 0 unspecified atom stereocenters. The highest BCUT2D eigenvalue weighted by Gasteiger charge is 2.26. The first-order valence-electron chi connectivity index (χ1n) is 10.9. The third-order valence-electron chi connectivity index (χ3n) is 4.70. The summed E-state index contributed by atoms with van der Waals surface area (Å²) < 4.78 is 37.7. The molecule has 182 valence electrons. The Morgan fingerprint density at radius 2 is 1.78 bits per heavy atom. The second kappa shape index (κ2) is 13.4. The second-order valence-electron chi connectivity index (χ2n) is 7.69. The standard InChI is InChI=1S/C22H37N3O6S/c1-7-25(8-2)32(28,29)20-14-18(10-11-19(20)31-9-3)23-21(26)16-24(15-17(4)5)13-12-22(27)30-6/h10-11,14,17H,7-9,12-13,15-16H2,1-6H3,(H,23,26). The Labute approximate surface area is 192 Å². The molecule has 32 heavy (non-hydrogen) atoms. The molecule has 1 amide bonds. The number of anilines is 1. The van der Waals surface area contributed by atoms with Gasteiger partial charge < -0.3 is 14.8 Å². The molecule has 1 N–H and O–H groups in total. The van der Waals surface area contributed by atoms with Gasteiger partial charge in [-0.3, -0.25) is 14.5 Å². The summed E-state index contributed by atoms with van der Waals surface area (Å²) in [4.78, 5) is 26.0. The van der Waals surface area contributed by atoms with E-state index < -0.39 is 10.0 Å². The van der Waals surface area contributed by atoms with Crippen LogP contribution in [0.4, 0.5) is 5.69 Å². The number of carbonyl (C=O) groups is 2. The monoisotopic (exact) mass is 471 g/mol. The predicted octanol–water partition coefficient (Wildman–Crippen LogP) is 2.58. The van der Waals surface area contributed by atoms with E-state index in [1.54, 1.807) is 32.9 Å². The number of nitrogens with one attached hydrogen (secondary N) is 1. The van der Waals surface area contributed by atoms with Gasteiger partial charge in [-0.05, 0) is 31.0 Å². The summed E-state index contributed by atoms with van der Waals surface area (Å²) in [5, 5.41) is 2.77. The maximum atomic E-state index is 13.1. The lowest BCUT2D eigenvalue weighted by atomic mass is 10.2. The fourth-order valence-electron chi connectivity index (χ4n) is 3.27. The van der Waals surface area contributed by atoms with Crippen molar-refractivity contribution in [2.24, 2.45) is 5.92 Å². The smallest absolute Gasteiger partial charge is 0.306 e. The minimum Gasteiger partial charge on any atom is -0.492 e. The molecule has 0 bridgehead atoms. The van der Waals surface area contributed by atoms with Crippen molar-refractivity contribution in [2.75, 3.05) is 51.8 Å².